The van der Waals surface area contributed by atoms with Crippen LogP contribution in [0.4, 0.5) is 17.1 Å². The Morgan fingerprint density at radius 2 is 0.926 bits per heavy atom. The minimum Gasteiger partial charge on any atom is -0.457 e. The van der Waals surface area contributed by atoms with Crippen LogP contribution < -0.4 is 9.64 Å². The van der Waals surface area contributed by atoms with Crippen LogP contribution in [0.3, 0.4) is 0 Å². The summed E-state index contributed by atoms with van der Waals surface area (Å²) in [6.45, 7) is 4.72. The summed E-state index contributed by atoms with van der Waals surface area (Å²) in [6, 6.07) is 68.8. The summed E-state index contributed by atoms with van der Waals surface area (Å²) in [4.78, 5) is 2.49. The van der Waals surface area contributed by atoms with Gasteiger partial charge in [-0.05, 0) is 92.5 Å². The number of para-hydroxylation sites is 2. The van der Waals surface area contributed by atoms with E-state index in [9.17, 15) is 0 Å². The molecule has 8 aromatic rings. The second kappa shape index (κ2) is 11.4. The molecule has 2 heteroatoms. The van der Waals surface area contributed by atoms with Crippen molar-refractivity contribution in [3.8, 4) is 44.9 Å². The van der Waals surface area contributed by atoms with Gasteiger partial charge in [-0.25, -0.2) is 0 Å². The molecule has 0 bridgehead atoms. The number of benzene rings is 8. The van der Waals surface area contributed by atoms with E-state index in [0.29, 0.717) is 0 Å². The zero-order valence-corrected chi connectivity index (χ0v) is 30.3. The summed E-state index contributed by atoms with van der Waals surface area (Å²) >= 11 is 0. The van der Waals surface area contributed by atoms with Gasteiger partial charge in [0.1, 0.15) is 11.5 Å². The molecule has 1 spiro atoms. The molecule has 54 heavy (non-hydrogen) atoms. The minimum atomic E-state index is -0.544. The van der Waals surface area contributed by atoms with E-state index in [2.05, 4.69) is 207 Å². The molecule has 0 saturated carbocycles. The predicted octanol–water partition coefficient (Wildman–Crippen LogP) is 13.6. The quantitative estimate of drug-likeness (QED) is 0.182. The van der Waals surface area contributed by atoms with Gasteiger partial charge in [0, 0.05) is 33.5 Å². The summed E-state index contributed by atoms with van der Waals surface area (Å²) in [5, 5.41) is 0. The number of hydrogen-bond acceptors (Lipinski definition) is 2. The highest BCUT2D eigenvalue weighted by molar-refractivity contribution is 5.99. The van der Waals surface area contributed by atoms with Crippen molar-refractivity contribution >= 4 is 17.1 Å². The van der Waals surface area contributed by atoms with Gasteiger partial charge in [0.15, 0.2) is 0 Å². The van der Waals surface area contributed by atoms with Crippen molar-refractivity contribution < 1.29 is 4.74 Å². The lowest BCUT2D eigenvalue weighted by Crippen LogP contribution is -2.32. The monoisotopic (exact) mass is 691 g/mol. The smallest absolute Gasteiger partial charge is 0.132 e. The van der Waals surface area contributed by atoms with Gasteiger partial charge in [0.05, 0.1) is 11.1 Å². The van der Waals surface area contributed by atoms with Crippen molar-refractivity contribution in [2.75, 3.05) is 4.90 Å². The van der Waals surface area contributed by atoms with Gasteiger partial charge in [-0.2, -0.15) is 0 Å². The lowest BCUT2D eigenvalue weighted by Gasteiger charge is -2.39. The van der Waals surface area contributed by atoms with E-state index in [1.807, 2.05) is 0 Å². The highest BCUT2D eigenvalue weighted by Crippen LogP contribution is 2.64. The highest BCUT2D eigenvalue weighted by Gasteiger charge is 2.52. The Labute approximate surface area is 316 Å². The maximum atomic E-state index is 6.64. The van der Waals surface area contributed by atoms with Crippen LogP contribution in [0.2, 0.25) is 0 Å². The van der Waals surface area contributed by atoms with Crippen LogP contribution in [-0.2, 0) is 10.8 Å². The van der Waals surface area contributed by atoms with Gasteiger partial charge < -0.3 is 9.64 Å². The lowest BCUT2D eigenvalue weighted by molar-refractivity contribution is 0.436. The number of anilines is 3. The molecule has 0 radical (unpaired) electrons. The summed E-state index contributed by atoms with van der Waals surface area (Å²) in [6.07, 6.45) is 0. The van der Waals surface area contributed by atoms with Gasteiger partial charge in [0.2, 0.25) is 0 Å². The summed E-state index contributed by atoms with van der Waals surface area (Å²) in [5.74, 6) is 1.80. The maximum absolute atomic E-state index is 6.64. The molecule has 256 valence electrons. The normalized spacial score (nSPS) is 14.6. The molecular weight excluding hydrogens is 655 g/mol. The fourth-order valence-corrected chi connectivity index (χ4v) is 9.76. The molecule has 2 nitrogen and oxygen atoms in total. The molecule has 8 aromatic carbocycles. The van der Waals surface area contributed by atoms with Crippen LogP contribution in [-0.4, -0.2) is 0 Å². The number of rotatable bonds is 4. The number of hydrogen-bond donors (Lipinski definition) is 0. The zero-order chi connectivity index (χ0) is 36.0. The fourth-order valence-electron chi connectivity index (χ4n) is 9.76. The van der Waals surface area contributed by atoms with E-state index >= 15 is 0 Å². The Hall–Kier alpha value is -6.64. The van der Waals surface area contributed by atoms with Crippen molar-refractivity contribution in [3.63, 3.8) is 0 Å². The molecule has 0 unspecified atom stereocenters. The van der Waals surface area contributed by atoms with Crippen LogP contribution in [0.1, 0.15) is 47.2 Å². The summed E-state index contributed by atoms with van der Waals surface area (Å²) in [5.41, 5.74) is 17.9. The highest BCUT2D eigenvalue weighted by atomic mass is 16.5. The Morgan fingerprint density at radius 1 is 0.389 bits per heavy atom. The van der Waals surface area contributed by atoms with E-state index in [0.717, 1.165) is 28.6 Å². The Morgan fingerprint density at radius 3 is 1.65 bits per heavy atom. The summed E-state index contributed by atoms with van der Waals surface area (Å²) < 4.78 is 6.64. The van der Waals surface area contributed by atoms with E-state index in [-0.39, 0.29) is 5.41 Å². The van der Waals surface area contributed by atoms with Gasteiger partial charge in [-0.1, -0.05) is 159 Å². The molecule has 11 rings (SSSR count). The molecular formula is C52H37NO. The molecule has 3 aliphatic rings. The van der Waals surface area contributed by atoms with E-state index in [1.54, 1.807) is 0 Å². The third-order valence-corrected chi connectivity index (χ3v) is 12.1. The summed E-state index contributed by atoms with van der Waals surface area (Å²) in [7, 11) is 0. The molecule has 0 atom stereocenters. The first-order valence-corrected chi connectivity index (χ1v) is 18.9. The van der Waals surface area contributed by atoms with Crippen molar-refractivity contribution in [1.29, 1.82) is 0 Å². The van der Waals surface area contributed by atoms with Crippen LogP contribution in [0.15, 0.2) is 188 Å². The third-order valence-electron chi connectivity index (χ3n) is 12.1. The van der Waals surface area contributed by atoms with Crippen molar-refractivity contribution in [3.05, 3.63) is 221 Å². The Bertz CT molecular complexity index is 2730. The van der Waals surface area contributed by atoms with Crippen molar-refractivity contribution in [2.45, 2.75) is 24.7 Å². The maximum Gasteiger partial charge on any atom is 0.132 e. The second-order valence-corrected chi connectivity index (χ2v) is 15.2. The first kappa shape index (κ1) is 30.9. The first-order chi connectivity index (χ1) is 26.5. The SMILES string of the molecule is CC1(C)c2ccccc2-c2ccc(N(c3ccc(-c4ccccc4)cc3)c3cccc4c3-c3ccccc3C43c4ccccc4Oc4ccccc43)cc21. The number of fused-ring (bicyclic) bond motifs is 12. The van der Waals surface area contributed by atoms with E-state index in [4.69, 9.17) is 4.74 Å². The average molecular weight is 692 g/mol. The van der Waals surface area contributed by atoms with Crippen LogP contribution >= 0.6 is 0 Å². The lowest BCUT2D eigenvalue weighted by atomic mass is 9.66. The van der Waals surface area contributed by atoms with Gasteiger partial charge in [-0.3, -0.25) is 0 Å². The molecule has 0 fully saturated rings. The Kier molecular flexibility index (Phi) is 6.55. The molecule has 0 N–H and O–H groups in total. The van der Waals surface area contributed by atoms with Crippen molar-refractivity contribution in [1.82, 2.24) is 0 Å². The fraction of sp³-hybridized carbons (Fsp3) is 0.0769. The second-order valence-electron chi connectivity index (χ2n) is 15.2. The third kappa shape index (κ3) is 4.17. The first-order valence-electron chi connectivity index (χ1n) is 18.9. The molecule has 2 aliphatic carbocycles. The Balaban J connectivity index is 1.19. The molecule has 0 aromatic heterocycles. The van der Waals surface area contributed by atoms with Gasteiger partial charge in [0.25, 0.3) is 0 Å². The predicted molar refractivity (Wildman–Crippen MR) is 222 cm³/mol. The van der Waals surface area contributed by atoms with Gasteiger partial charge >= 0.3 is 0 Å². The molecule has 1 heterocycles. The van der Waals surface area contributed by atoms with Crippen molar-refractivity contribution in [2.24, 2.45) is 0 Å². The molecule has 0 saturated heterocycles. The molecule has 1 aliphatic heterocycles. The topological polar surface area (TPSA) is 12.5 Å². The minimum absolute atomic E-state index is 0.129. The molecule has 0 amide bonds. The van der Waals surface area contributed by atoms with Crippen LogP contribution in [0, 0.1) is 0 Å². The zero-order valence-electron chi connectivity index (χ0n) is 30.3. The van der Waals surface area contributed by atoms with E-state index < -0.39 is 5.41 Å². The number of ether oxygens (including phenoxy) is 1. The largest absolute Gasteiger partial charge is 0.457 e. The van der Waals surface area contributed by atoms with Crippen LogP contribution in [0.5, 0.6) is 11.5 Å². The standard InChI is InChI=1S/C52H37NO/c1-51(2)41-19-8-6-17-38(41)39-32-31-37(33-46(39)51)53(36-29-27-35(28-30-36)34-15-4-3-5-16-34)47-24-14-23-45-50(47)40-18-7-9-20-42(40)52(45)43-21-10-12-25-48(43)54-49-26-13-11-22-44(49)52/h3-33H,1-2H3. The van der Waals surface area contributed by atoms with Gasteiger partial charge in [-0.15, -0.1) is 0 Å². The number of nitrogens with zero attached hydrogens (tertiary/aromatic N) is 1. The van der Waals surface area contributed by atoms with E-state index in [1.165, 1.54) is 66.8 Å². The van der Waals surface area contributed by atoms with Crippen LogP contribution in [0.25, 0.3) is 33.4 Å². The average Bonchev–Trinajstić information content (AvgIpc) is 3.65.